The van der Waals surface area contributed by atoms with Crippen LogP contribution in [0.3, 0.4) is 0 Å². The van der Waals surface area contributed by atoms with Crippen molar-refractivity contribution in [2.75, 3.05) is 6.61 Å². The molecule has 1 aliphatic heterocycles. The normalized spacial score (nSPS) is 18.5. The third kappa shape index (κ3) is 3.80. The number of hydrogen-bond acceptors (Lipinski definition) is 3. The Balaban J connectivity index is 2.30. The van der Waals surface area contributed by atoms with Crippen molar-refractivity contribution in [1.29, 1.82) is 0 Å². The molecule has 1 heterocycles. The zero-order chi connectivity index (χ0) is 16.3. The highest BCUT2D eigenvalue weighted by atomic mass is 16.5. The fourth-order valence-corrected chi connectivity index (χ4v) is 2.96. The van der Waals surface area contributed by atoms with Crippen LogP contribution in [0, 0.1) is 12.8 Å². The molecule has 122 valence electrons. The predicted octanol–water partition coefficient (Wildman–Crippen LogP) is 3.39. The van der Waals surface area contributed by atoms with Crippen LogP contribution in [0.1, 0.15) is 68.8 Å². The average Bonchev–Trinajstić information content (AvgIpc) is 2.45. The van der Waals surface area contributed by atoms with Crippen molar-refractivity contribution in [3.05, 3.63) is 28.8 Å². The molecule has 3 N–H and O–H groups in total. The van der Waals surface area contributed by atoms with Gasteiger partial charge in [-0.25, -0.2) is 0 Å². The predicted molar refractivity (Wildman–Crippen MR) is 88.8 cm³/mol. The molecular formula is C18H28N2O2. The quantitative estimate of drug-likeness (QED) is 0.876. The van der Waals surface area contributed by atoms with Crippen LogP contribution >= 0.6 is 0 Å². The van der Waals surface area contributed by atoms with E-state index in [1.54, 1.807) is 0 Å². The lowest BCUT2D eigenvalue weighted by Gasteiger charge is -2.30. The van der Waals surface area contributed by atoms with Crippen LogP contribution in [-0.4, -0.2) is 12.5 Å². The molecule has 2 rings (SSSR count). The maximum Gasteiger partial charge on any atom is 0.220 e. The number of nitrogens with one attached hydrogen (secondary N) is 1. The first-order chi connectivity index (χ1) is 10.4. The molecule has 1 aliphatic rings. The van der Waals surface area contributed by atoms with Gasteiger partial charge in [-0.15, -0.1) is 0 Å². The number of ether oxygens (including phenoxy) is 1. The third-order valence-electron chi connectivity index (χ3n) is 4.09. The van der Waals surface area contributed by atoms with Crippen LogP contribution < -0.4 is 15.8 Å². The number of amides is 1. The standard InChI is InChI=1S/C18H28N2O2/c1-5-15(19)13-9-12(4)10-14-16(6-7-22-18(13)14)20-17(21)8-11(2)3/h9-11,15-16H,5-8,19H2,1-4H3,(H,20,21). The summed E-state index contributed by atoms with van der Waals surface area (Å²) in [4.78, 5) is 12.1. The van der Waals surface area contributed by atoms with E-state index in [0.29, 0.717) is 18.9 Å². The number of hydrogen-bond donors (Lipinski definition) is 2. The number of carbonyl (C=O) groups excluding carboxylic acids is 1. The van der Waals surface area contributed by atoms with E-state index in [1.807, 2.05) is 0 Å². The van der Waals surface area contributed by atoms with Gasteiger partial charge in [0.15, 0.2) is 0 Å². The summed E-state index contributed by atoms with van der Waals surface area (Å²) in [5, 5.41) is 3.16. The van der Waals surface area contributed by atoms with Gasteiger partial charge in [0.1, 0.15) is 5.75 Å². The highest BCUT2D eigenvalue weighted by Gasteiger charge is 2.27. The Morgan fingerprint density at radius 3 is 2.82 bits per heavy atom. The van der Waals surface area contributed by atoms with Gasteiger partial charge in [-0.05, 0) is 19.3 Å². The highest BCUT2D eigenvalue weighted by Crippen LogP contribution is 2.39. The summed E-state index contributed by atoms with van der Waals surface area (Å²) in [5.41, 5.74) is 9.52. The van der Waals surface area contributed by atoms with Crippen LogP contribution in [0.2, 0.25) is 0 Å². The molecule has 0 saturated heterocycles. The summed E-state index contributed by atoms with van der Waals surface area (Å²) in [6, 6.07) is 4.21. The van der Waals surface area contributed by atoms with Gasteiger partial charge < -0.3 is 15.8 Å². The molecule has 1 aromatic rings. The van der Waals surface area contributed by atoms with E-state index in [4.69, 9.17) is 10.5 Å². The average molecular weight is 304 g/mol. The number of aryl methyl sites for hydroxylation is 1. The van der Waals surface area contributed by atoms with E-state index in [0.717, 1.165) is 35.3 Å². The Morgan fingerprint density at radius 2 is 2.18 bits per heavy atom. The topological polar surface area (TPSA) is 64.3 Å². The van der Waals surface area contributed by atoms with Crippen LogP contribution in [0.5, 0.6) is 5.75 Å². The number of fused-ring (bicyclic) bond motifs is 1. The van der Waals surface area contributed by atoms with Gasteiger partial charge in [0.05, 0.1) is 12.6 Å². The smallest absolute Gasteiger partial charge is 0.220 e. The van der Waals surface area contributed by atoms with E-state index in [9.17, 15) is 4.79 Å². The van der Waals surface area contributed by atoms with Gasteiger partial charge in [0, 0.05) is 30.0 Å². The second kappa shape index (κ2) is 7.14. The van der Waals surface area contributed by atoms with E-state index in [1.165, 1.54) is 0 Å². The lowest BCUT2D eigenvalue weighted by atomic mass is 9.91. The summed E-state index contributed by atoms with van der Waals surface area (Å²) in [5.74, 6) is 1.35. The Labute approximate surface area is 133 Å². The fraction of sp³-hybridized carbons (Fsp3) is 0.611. The van der Waals surface area contributed by atoms with Crippen molar-refractivity contribution >= 4 is 5.91 Å². The maximum absolute atomic E-state index is 12.1. The first-order valence-corrected chi connectivity index (χ1v) is 8.24. The Bertz CT molecular complexity index is 540. The summed E-state index contributed by atoms with van der Waals surface area (Å²) in [6.45, 7) is 8.87. The number of benzene rings is 1. The molecule has 1 amide bonds. The Hall–Kier alpha value is -1.55. The SMILES string of the molecule is CCC(N)c1cc(C)cc2c1OCCC2NC(=O)CC(C)C. The molecule has 0 saturated carbocycles. The zero-order valence-corrected chi connectivity index (χ0v) is 14.1. The molecule has 0 aliphatic carbocycles. The summed E-state index contributed by atoms with van der Waals surface area (Å²) >= 11 is 0. The summed E-state index contributed by atoms with van der Waals surface area (Å²) in [7, 11) is 0. The van der Waals surface area contributed by atoms with Crippen LogP contribution in [0.25, 0.3) is 0 Å². The molecule has 4 nitrogen and oxygen atoms in total. The Kier molecular flexibility index (Phi) is 5.46. The van der Waals surface area contributed by atoms with Gasteiger partial charge in [-0.3, -0.25) is 4.79 Å². The fourth-order valence-electron chi connectivity index (χ4n) is 2.96. The molecule has 4 heteroatoms. The number of nitrogens with two attached hydrogens (primary N) is 1. The maximum atomic E-state index is 12.1. The monoisotopic (exact) mass is 304 g/mol. The van der Waals surface area contributed by atoms with Crippen LogP contribution in [0.15, 0.2) is 12.1 Å². The first-order valence-electron chi connectivity index (χ1n) is 8.24. The molecule has 0 fully saturated rings. The van der Waals surface area contributed by atoms with Crippen molar-refractivity contribution in [1.82, 2.24) is 5.32 Å². The molecule has 0 aromatic heterocycles. The second-order valence-corrected chi connectivity index (χ2v) is 6.64. The van der Waals surface area contributed by atoms with Crippen molar-refractivity contribution in [2.24, 2.45) is 11.7 Å². The minimum atomic E-state index is -0.0289. The summed E-state index contributed by atoms with van der Waals surface area (Å²) < 4.78 is 5.89. The molecule has 0 spiro atoms. The zero-order valence-electron chi connectivity index (χ0n) is 14.1. The molecular weight excluding hydrogens is 276 g/mol. The van der Waals surface area contributed by atoms with Gasteiger partial charge in [-0.2, -0.15) is 0 Å². The lowest BCUT2D eigenvalue weighted by Crippen LogP contribution is -2.33. The van der Waals surface area contributed by atoms with E-state index >= 15 is 0 Å². The summed E-state index contributed by atoms with van der Waals surface area (Å²) in [6.07, 6.45) is 2.23. The molecule has 2 atom stereocenters. The van der Waals surface area contributed by atoms with Crippen molar-refractivity contribution in [2.45, 2.75) is 59.0 Å². The number of rotatable bonds is 5. The first kappa shape index (κ1) is 16.8. The van der Waals surface area contributed by atoms with Crippen LogP contribution in [-0.2, 0) is 4.79 Å². The van der Waals surface area contributed by atoms with E-state index in [-0.39, 0.29) is 18.0 Å². The van der Waals surface area contributed by atoms with Gasteiger partial charge >= 0.3 is 0 Å². The van der Waals surface area contributed by atoms with Crippen LogP contribution in [0.4, 0.5) is 0 Å². The van der Waals surface area contributed by atoms with Gasteiger partial charge in [-0.1, -0.05) is 38.5 Å². The number of carbonyl (C=O) groups is 1. The molecule has 2 unspecified atom stereocenters. The second-order valence-electron chi connectivity index (χ2n) is 6.64. The molecule has 1 aromatic carbocycles. The Morgan fingerprint density at radius 1 is 1.45 bits per heavy atom. The molecule has 0 bridgehead atoms. The lowest BCUT2D eigenvalue weighted by molar-refractivity contribution is -0.122. The van der Waals surface area contributed by atoms with Crippen molar-refractivity contribution in [3.63, 3.8) is 0 Å². The van der Waals surface area contributed by atoms with E-state index < -0.39 is 0 Å². The minimum absolute atomic E-state index is 0.0257. The van der Waals surface area contributed by atoms with E-state index in [2.05, 4.69) is 45.1 Å². The minimum Gasteiger partial charge on any atom is -0.493 e. The van der Waals surface area contributed by atoms with Gasteiger partial charge in [0.2, 0.25) is 5.91 Å². The van der Waals surface area contributed by atoms with Crippen molar-refractivity contribution < 1.29 is 9.53 Å². The van der Waals surface area contributed by atoms with Gasteiger partial charge in [0.25, 0.3) is 0 Å². The third-order valence-corrected chi connectivity index (χ3v) is 4.09. The largest absolute Gasteiger partial charge is 0.493 e. The highest BCUT2D eigenvalue weighted by molar-refractivity contribution is 5.77. The molecule has 22 heavy (non-hydrogen) atoms. The molecule has 0 radical (unpaired) electrons. The van der Waals surface area contributed by atoms with Crippen molar-refractivity contribution in [3.8, 4) is 5.75 Å².